The highest BCUT2D eigenvalue weighted by atomic mass is 79.9. The molecule has 0 atom stereocenters. The number of nitrogens with zero attached hydrogens (tertiary/aromatic N) is 1. The van der Waals surface area contributed by atoms with Crippen LogP contribution in [0.25, 0.3) is 0 Å². The lowest BCUT2D eigenvalue weighted by Crippen LogP contribution is -2.49. The van der Waals surface area contributed by atoms with Crippen molar-refractivity contribution in [2.75, 3.05) is 13.7 Å². The van der Waals surface area contributed by atoms with Gasteiger partial charge in [0.1, 0.15) is 10.3 Å². The molecule has 4 nitrogen and oxygen atoms in total. The Bertz CT molecular complexity index is 413. The predicted octanol–water partition coefficient (Wildman–Crippen LogP) is 2.14. The van der Waals surface area contributed by atoms with Crippen LogP contribution in [0.3, 0.4) is 0 Å². The summed E-state index contributed by atoms with van der Waals surface area (Å²) in [6.45, 7) is 0.552. The highest BCUT2D eigenvalue weighted by Crippen LogP contribution is 2.34. The fourth-order valence-electron chi connectivity index (χ4n) is 1.89. The second kappa shape index (κ2) is 5.14. The number of amides is 1. The molecule has 1 aromatic rings. The first-order valence-electron chi connectivity index (χ1n) is 5.61. The van der Waals surface area contributed by atoms with Crippen molar-refractivity contribution in [1.82, 2.24) is 10.3 Å². The van der Waals surface area contributed by atoms with Crippen LogP contribution in [0.4, 0.5) is 0 Å². The Balaban J connectivity index is 1.93. The summed E-state index contributed by atoms with van der Waals surface area (Å²) >= 11 is 3.24. The maximum Gasteiger partial charge on any atom is 0.270 e. The quantitative estimate of drug-likeness (QED) is 0.867. The van der Waals surface area contributed by atoms with Gasteiger partial charge in [0.05, 0.1) is 5.60 Å². The van der Waals surface area contributed by atoms with E-state index in [9.17, 15) is 4.79 Å². The first-order valence-corrected chi connectivity index (χ1v) is 6.40. The van der Waals surface area contributed by atoms with Crippen LogP contribution >= 0.6 is 15.9 Å². The molecule has 1 fully saturated rings. The van der Waals surface area contributed by atoms with Gasteiger partial charge in [0, 0.05) is 13.7 Å². The molecule has 92 valence electrons. The van der Waals surface area contributed by atoms with E-state index in [4.69, 9.17) is 4.74 Å². The number of pyridine rings is 1. The maximum absolute atomic E-state index is 11.8. The third kappa shape index (κ3) is 2.84. The van der Waals surface area contributed by atoms with Gasteiger partial charge in [0.25, 0.3) is 5.91 Å². The minimum absolute atomic E-state index is 0.151. The molecule has 2 rings (SSSR count). The smallest absolute Gasteiger partial charge is 0.270 e. The Morgan fingerprint density at radius 1 is 1.59 bits per heavy atom. The van der Waals surface area contributed by atoms with E-state index in [1.807, 2.05) is 0 Å². The summed E-state index contributed by atoms with van der Waals surface area (Å²) in [5, 5.41) is 2.87. The van der Waals surface area contributed by atoms with Crippen molar-refractivity contribution in [2.45, 2.75) is 24.9 Å². The van der Waals surface area contributed by atoms with Gasteiger partial charge in [-0.1, -0.05) is 6.07 Å². The van der Waals surface area contributed by atoms with Crippen molar-refractivity contribution >= 4 is 21.8 Å². The molecule has 1 heterocycles. The summed E-state index contributed by atoms with van der Waals surface area (Å²) in [6.07, 6.45) is 3.18. The number of ether oxygens (including phenoxy) is 1. The summed E-state index contributed by atoms with van der Waals surface area (Å²) in [4.78, 5) is 16.0. The van der Waals surface area contributed by atoms with E-state index >= 15 is 0 Å². The average Bonchev–Trinajstić information content (AvgIpc) is 2.28. The zero-order chi connectivity index (χ0) is 12.3. The lowest BCUT2D eigenvalue weighted by Gasteiger charge is -2.40. The molecule has 0 spiro atoms. The van der Waals surface area contributed by atoms with Crippen molar-refractivity contribution in [3.8, 4) is 0 Å². The molecule has 1 aliphatic carbocycles. The molecule has 1 N–H and O–H groups in total. The van der Waals surface area contributed by atoms with Crippen molar-refractivity contribution in [2.24, 2.45) is 0 Å². The van der Waals surface area contributed by atoms with E-state index < -0.39 is 0 Å². The van der Waals surface area contributed by atoms with Gasteiger partial charge in [0.15, 0.2) is 0 Å². The third-order valence-electron chi connectivity index (χ3n) is 3.22. The first-order chi connectivity index (χ1) is 8.15. The van der Waals surface area contributed by atoms with E-state index in [1.54, 1.807) is 25.3 Å². The minimum atomic E-state index is -0.158. The highest BCUT2D eigenvalue weighted by Gasteiger charge is 2.37. The zero-order valence-electron chi connectivity index (χ0n) is 9.70. The van der Waals surface area contributed by atoms with Gasteiger partial charge >= 0.3 is 0 Å². The molecule has 1 aromatic heterocycles. The fraction of sp³-hybridized carbons (Fsp3) is 0.500. The Morgan fingerprint density at radius 3 is 2.88 bits per heavy atom. The SMILES string of the molecule is COC1(CNC(=O)c2cccc(Br)n2)CCC1. The highest BCUT2D eigenvalue weighted by molar-refractivity contribution is 9.10. The van der Waals surface area contributed by atoms with E-state index in [0.717, 1.165) is 12.8 Å². The lowest BCUT2D eigenvalue weighted by molar-refractivity contribution is -0.0679. The minimum Gasteiger partial charge on any atom is -0.376 e. The number of hydrogen-bond acceptors (Lipinski definition) is 3. The second-order valence-electron chi connectivity index (χ2n) is 4.27. The molecule has 1 saturated carbocycles. The van der Waals surface area contributed by atoms with Crippen LogP contribution in [0.15, 0.2) is 22.8 Å². The normalized spacial score (nSPS) is 17.3. The monoisotopic (exact) mass is 298 g/mol. The molecular formula is C12H15BrN2O2. The van der Waals surface area contributed by atoms with Crippen LogP contribution in [0.2, 0.25) is 0 Å². The molecule has 0 unspecified atom stereocenters. The van der Waals surface area contributed by atoms with Crippen molar-refractivity contribution in [3.05, 3.63) is 28.5 Å². The van der Waals surface area contributed by atoms with E-state index in [0.29, 0.717) is 16.8 Å². The summed E-state index contributed by atoms with van der Waals surface area (Å²) in [7, 11) is 1.70. The number of rotatable bonds is 4. The van der Waals surface area contributed by atoms with Gasteiger partial charge in [0.2, 0.25) is 0 Å². The van der Waals surface area contributed by atoms with E-state index in [-0.39, 0.29) is 11.5 Å². The van der Waals surface area contributed by atoms with Crippen LogP contribution in [-0.4, -0.2) is 30.1 Å². The van der Waals surface area contributed by atoms with Gasteiger partial charge in [-0.25, -0.2) is 4.98 Å². The maximum atomic E-state index is 11.8. The number of nitrogens with one attached hydrogen (secondary N) is 1. The Morgan fingerprint density at radius 2 is 2.35 bits per heavy atom. The molecule has 0 bridgehead atoms. The molecule has 0 aliphatic heterocycles. The van der Waals surface area contributed by atoms with Crippen LogP contribution in [0, 0.1) is 0 Å². The van der Waals surface area contributed by atoms with Gasteiger partial charge in [-0.05, 0) is 47.3 Å². The van der Waals surface area contributed by atoms with Gasteiger partial charge < -0.3 is 10.1 Å². The molecule has 0 aromatic carbocycles. The summed E-state index contributed by atoms with van der Waals surface area (Å²) in [5.41, 5.74) is 0.270. The second-order valence-corrected chi connectivity index (χ2v) is 5.08. The number of aromatic nitrogens is 1. The Hall–Kier alpha value is -0.940. The van der Waals surface area contributed by atoms with Crippen LogP contribution < -0.4 is 5.32 Å². The molecular weight excluding hydrogens is 284 g/mol. The van der Waals surface area contributed by atoms with Gasteiger partial charge in [-0.2, -0.15) is 0 Å². The molecule has 1 amide bonds. The molecule has 1 aliphatic rings. The molecule has 5 heteroatoms. The number of halogens is 1. The fourth-order valence-corrected chi connectivity index (χ4v) is 2.23. The number of carbonyl (C=O) groups excluding carboxylic acids is 1. The van der Waals surface area contributed by atoms with Gasteiger partial charge in [-0.3, -0.25) is 4.79 Å². The van der Waals surface area contributed by atoms with Crippen LogP contribution in [0.5, 0.6) is 0 Å². The standard InChI is InChI=1S/C12H15BrN2O2/c1-17-12(6-3-7-12)8-14-11(16)9-4-2-5-10(13)15-9/h2,4-5H,3,6-8H2,1H3,(H,14,16). The van der Waals surface area contributed by atoms with Crippen molar-refractivity contribution in [1.29, 1.82) is 0 Å². The molecule has 0 saturated heterocycles. The summed E-state index contributed by atoms with van der Waals surface area (Å²) in [5.74, 6) is -0.158. The Labute approximate surface area is 109 Å². The van der Waals surface area contributed by atoms with E-state index in [2.05, 4.69) is 26.2 Å². The zero-order valence-corrected chi connectivity index (χ0v) is 11.3. The molecule has 0 radical (unpaired) electrons. The van der Waals surface area contributed by atoms with Crippen molar-refractivity contribution < 1.29 is 9.53 Å². The van der Waals surface area contributed by atoms with Gasteiger partial charge in [-0.15, -0.1) is 0 Å². The Kier molecular flexibility index (Phi) is 3.79. The average molecular weight is 299 g/mol. The number of carbonyl (C=O) groups is 1. The largest absolute Gasteiger partial charge is 0.376 e. The predicted molar refractivity (Wildman–Crippen MR) is 67.9 cm³/mol. The number of hydrogen-bond donors (Lipinski definition) is 1. The van der Waals surface area contributed by atoms with Crippen LogP contribution in [-0.2, 0) is 4.74 Å². The van der Waals surface area contributed by atoms with Crippen LogP contribution in [0.1, 0.15) is 29.8 Å². The molecule has 17 heavy (non-hydrogen) atoms. The topological polar surface area (TPSA) is 51.2 Å². The summed E-state index contributed by atoms with van der Waals surface area (Å²) < 4.78 is 6.10. The lowest BCUT2D eigenvalue weighted by atomic mass is 9.80. The first kappa shape index (κ1) is 12.5. The summed E-state index contributed by atoms with van der Waals surface area (Å²) in [6, 6.07) is 5.28. The third-order valence-corrected chi connectivity index (χ3v) is 3.66. The van der Waals surface area contributed by atoms with Crippen molar-refractivity contribution in [3.63, 3.8) is 0 Å². The number of methoxy groups -OCH3 is 1. The van der Waals surface area contributed by atoms with E-state index in [1.165, 1.54) is 6.42 Å².